The maximum Gasteiger partial charge on any atom is 0.387 e. The SMILES string of the molecule is OCCCCCCOC1=C(OCCCCCCO)C(F)(F)C(F)(F)C1(F)F. The molecule has 0 atom stereocenters. The number of hydrogen-bond acceptors (Lipinski definition) is 4. The third kappa shape index (κ3) is 5.43. The number of rotatable bonds is 14. The molecule has 0 fully saturated rings. The van der Waals surface area contributed by atoms with Gasteiger partial charge in [-0.2, -0.15) is 26.3 Å². The van der Waals surface area contributed by atoms with Crippen LogP contribution in [-0.2, 0) is 9.47 Å². The van der Waals surface area contributed by atoms with Crippen molar-refractivity contribution in [1.29, 1.82) is 0 Å². The Morgan fingerprint density at radius 2 is 0.889 bits per heavy atom. The monoisotopic (exact) mass is 408 g/mol. The van der Waals surface area contributed by atoms with Crippen molar-refractivity contribution in [2.45, 2.75) is 69.1 Å². The Morgan fingerprint density at radius 1 is 0.556 bits per heavy atom. The van der Waals surface area contributed by atoms with Crippen molar-refractivity contribution in [2.24, 2.45) is 0 Å². The fourth-order valence-electron chi connectivity index (χ4n) is 2.56. The lowest BCUT2D eigenvalue weighted by Crippen LogP contribution is -2.49. The number of allylic oxidation sites excluding steroid dienone is 2. The third-order valence-corrected chi connectivity index (χ3v) is 4.16. The van der Waals surface area contributed by atoms with Gasteiger partial charge >= 0.3 is 17.8 Å². The zero-order chi connectivity index (χ0) is 20.6. The number of unbranched alkanes of at least 4 members (excludes halogenated alkanes) is 6. The first-order chi connectivity index (χ1) is 12.6. The Balaban J connectivity index is 2.76. The van der Waals surface area contributed by atoms with E-state index in [1.807, 2.05) is 0 Å². The van der Waals surface area contributed by atoms with Crippen LogP contribution in [0.25, 0.3) is 0 Å². The molecule has 0 amide bonds. The highest BCUT2D eigenvalue weighted by molar-refractivity contribution is 5.34. The largest absolute Gasteiger partial charge is 0.488 e. The van der Waals surface area contributed by atoms with Crippen molar-refractivity contribution in [1.82, 2.24) is 0 Å². The van der Waals surface area contributed by atoms with E-state index in [2.05, 4.69) is 9.47 Å². The van der Waals surface area contributed by atoms with Crippen molar-refractivity contribution in [2.75, 3.05) is 26.4 Å². The molecule has 0 aromatic rings. The molecule has 2 N–H and O–H groups in total. The van der Waals surface area contributed by atoms with Gasteiger partial charge in [-0.05, 0) is 38.5 Å². The number of alkyl halides is 6. The minimum Gasteiger partial charge on any atom is -0.488 e. The summed E-state index contributed by atoms with van der Waals surface area (Å²) in [7, 11) is 0. The van der Waals surface area contributed by atoms with Gasteiger partial charge < -0.3 is 19.7 Å². The molecule has 0 unspecified atom stereocenters. The number of hydrogen-bond donors (Lipinski definition) is 2. The van der Waals surface area contributed by atoms with E-state index >= 15 is 0 Å². The number of halogens is 6. The molecule has 10 heteroatoms. The van der Waals surface area contributed by atoms with Gasteiger partial charge in [0, 0.05) is 13.2 Å². The minimum absolute atomic E-state index is 0.0428. The fourth-order valence-corrected chi connectivity index (χ4v) is 2.56. The highest BCUT2D eigenvalue weighted by atomic mass is 19.3. The predicted octanol–water partition coefficient (Wildman–Crippen LogP) is 4.26. The highest BCUT2D eigenvalue weighted by Gasteiger charge is 2.83. The normalized spacial score (nSPS) is 20.1. The molecule has 160 valence electrons. The van der Waals surface area contributed by atoms with E-state index in [1.165, 1.54) is 0 Å². The van der Waals surface area contributed by atoms with Gasteiger partial charge in [-0.15, -0.1) is 0 Å². The minimum atomic E-state index is -5.64. The molecule has 0 radical (unpaired) electrons. The smallest absolute Gasteiger partial charge is 0.387 e. The Morgan fingerprint density at radius 3 is 1.22 bits per heavy atom. The van der Waals surface area contributed by atoms with Crippen molar-refractivity contribution < 1.29 is 46.0 Å². The topological polar surface area (TPSA) is 58.9 Å². The summed E-state index contributed by atoms with van der Waals surface area (Å²) < 4.78 is 92.0. The average molecular weight is 408 g/mol. The number of ether oxygens (including phenoxy) is 2. The molecule has 1 aliphatic carbocycles. The van der Waals surface area contributed by atoms with Crippen molar-refractivity contribution in [3.05, 3.63) is 11.5 Å². The first-order valence-corrected chi connectivity index (χ1v) is 9.00. The molecule has 4 nitrogen and oxygen atoms in total. The fraction of sp³-hybridized carbons (Fsp3) is 0.882. The zero-order valence-electron chi connectivity index (χ0n) is 15.0. The molecule has 0 saturated heterocycles. The van der Waals surface area contributed by atoms with E-state index in [1.54, 1.807) is 0 Å². The summed E-state index contributed by atoms with van der Waals surface area (Å²) in [5, 5.41) is 17.3. The van der Waals surface area contributed by atoms with Crippen molar-refractivity contribution >= 4 is 0 Å². The summed E-state index contributed by atoms with van der Waals surface area (Å²) in [6.45, 7) is -0.963. The maximum absolute atomic E-state index is 13.9. The second-order valence-electron chi connectivity index (χ2n) is 6.35. The molecular weight excluding hydrogens is 382 g/mol. The maximum atomic E-state index is 13.9. The van der Waals surface area contributed by atoms with Crippen LogP contribution < -0.4 is 0 Å². The Labute approximate surface area is 154 Å². The molecule has 0 bridgehead atoms. The first kappa shape index (κ1) is 23.9. The van der Waals surface area contributed by atoms with Gasteiger partial charge in [-0.1, -0.05) is 12.8 Å². The molecule has 0 aromatic heterocycles. The van der Waals surface area contributed by atoms with E-state index in [9.17, 15) is 26.3 Å². The van der Waals surface area contributed by atoms with Crippen LogP contribution in [0.3, 0.4) is 0 Å². The Kier molecular flexibility index (Phi) is 9.20. The molecule has 1 rings (SSSR count). The van der Waals surface area contributed by atoms with E-state index in [0.717, 1.165) is 0 Å². The number of aliphatic hydroxyl groups is 2. The van der Waals surface area contributed by atoms with Gasteiger partial charge in [0.05, 0.1) is 13.2 Å². The summed E-state index contributed by atoms with van der Waals surface area (Å²) >= 11 is 0. The molecule has 0 aromatic carbocycles. The lowest BCUT2D eigenvalue weighted by molar-refractivity contribution is -0.276. The van der Waals surface area contributed by atoms with Crippen LogP contribution in [-0.4, -0.2) is 54.4 Å². The van der Waals surface area contributed by atoms with E-state index in [4.69, 9.17) is 10.2 Å². The van der Waals surface area contributed by atoms with Gasteiger partial charge in [0.1, 0.15) is 0 Å². The molecule has 0 spiro atoms. The van der Waals surface area contributed by atoms with Crippen LogP contribution in [0.2, 0.25) is 0 Å². The summed E-state index contributed by atoms with van der Waals surface area (Å²) in [4.78, 5) is 0. The van der Waals surface area contributed by atoms with Gasteiger partial charge in [-0.25, -0.2) is 0 Å². The summed E-state index contributed by atoms with van der Waals surface area (Å²) in [5.41, 5.74) is 0. The Hall–Kier alpha value is -1.16. The summed E-state index contributed by atoms with van der Waals surface area (Å²) in [6.07, 6.45) is 3.41. The highest BCUT2D eigenvalue weighted by Crippen LogP contribution is 2.59. The van der Waals surface area contributed by atoms with E-state index < -0.39 is 42.5 Å². The lowest BCUT2D eigenvalue weighted by atomic mass is 10.1. The summed E-state index contributed by atoms with van der Waals surface area (Å²) in [5.74, 6) is -19.6. The molecule has 0 aliphatic heterocycles. The summed E-state index contributed by atoms with van der Waals surface area (Å²) in [6, 6.07) is 0. The van der Waals surface area contributed by atoms with Gasteiger partial charge in [0.15, 0.2) is 0 Å². The van der Waals surface area contributed by atoms with E-state index in [-0.39, 0.29) is 26.1 Å². The van der Waals surface area contributed by atoms with Gasteiger partial charge in [0.2, 0.25) is 11.5 Å². The van der Waals surface area contributed by atoms with Crippen LogP contribution in [0.1, 0.15) is 51.4 Å². The molecule has 27 heavy (non-hydrogen) atoms. The first-order valence-electron chi connectivity index (χ1n) is 9.00. The standard InChI is InChI=1S/C17H26F6O4/c18-15(19)13(26-11-7-3-1-5-9-24)14(16(20,21)17(15,22)23)27-12-8-4-2-6-10-25/h24-25H,1-12H2. The van der Waals surface area contributed by atoms with Gasteiger partial charge in [0.25, 0.3) is 0 Å². The average Bonchev–Trinajstić information content (AvgIpc) is 2.69. The molecule has 1 aliphatic rings. The van der Waals surface area contributed by atoms with Crippen LogP contribution in [0.4, 0.5) is 26.3 Å². The second-order valence-corrected chi connectivity index (χ2v) is 6.35. The Bertz CT molecular complexity index is 442. The van der Waals surface area contributed by atoms with Crippen molar-refractivity contribution in [3.8, 4) is 0 Å². The number of aliphatic hydroxyl groups excluding tert-OH is 2. The van der Waals surface area contributed by atoms with Crippen LogP contribution in [0, 0.1) is 0 Å². The predicted molar refractivity (Wildman–Crippen MR) is 84.9 cm³/mol. The van der Waals surface area contributed by atoms with Crippen LogP contribution in [0.5, 0.6) is 0 Å². The van der Waals surface area contributed by atoms with Crippen LogP contribution >= 0.6 is 0 Å². The van der Waals surface area contributed by atoms with Crippen LogP contribution in [0.15, 0.2) is 11.5 Å². The molecule has 0 heterocycles. The quantitative estimate of drug-likeness (QED) is 0.333. The van der Waals surface area contributed by atoms with Gasteiger partial charge in [-0.3, -0.25) is 0 Å². The lowest BCUT2D eigenvalue weighted by Gasteiger charge is -2.24. The van der Waals surface area contributed by atoms with Crippen molar-refractivity contribution in [3.63, 3.8) is 0 Å². The third-order valence-electron chi connectivity index (χ3n) is 4.16. The van der Waals surface area contributed by atoms with E-state index in [0.29, 0.717) is 38.5 Å². The molecular formula is C17H26F6O4. The zero-order valence-corrected chi connectivity index (χ0v) is 15.0. The second kappa shape index (κ2) is 10.4. The molecule has 0 saturated carbocycles.